The summed E-state index contributed by atoms with van der Waals surface area (Å²) in [7, 11) is 0. The van der Waals surface area contributed by atoms with Gasteiger partial charge >= 0.3 is 0 Å². The molecule has 4 rings (SSSR count). The molecule has 0 radical (unpaired) electrons. The van der Waals surface area contributed by atoms with E-state index in [0.29, 0.717) is 5.16 Å². The fraction of sp³-hybridized carbons (Fsp3) is 0.143. The first-order valence-corrected chi connectivity index (χ1v) is 10.1. The van der Waals surface area contributed by atoms with Gasteiger partial charge in [0.1, 0.15) is 0 Å². The number of para-hydroxylation sites is 1. The van der Waals surface area contributed by atoms with E-state index < -0.39 is 0 Å². The number of hydrogen-bond donors (Lipinski definition) is 2. The third-order valence-corrected chi connectivity index (χ3v) is 5.33. The van der Waals surface area contributed by atoms with Crippen molar-refractivity contribution in [3.63, 3.8) is 0 Å². The quantitative estimate of drug-likeness (QED) is 0.474. The zero-order chi connectivity index (χ0) is 20.2. The van der Waals surface area contributed by atoms with Gasteiger partial charge in [0.05, 0.1) is 22.8 Å². The molecule has 0 aliphatic heterocycles. The first kappa shape index (κ1) is 18.9. The minimum atomic E-state index is -0.119. The SMILES string of the molecule is Cc1n[nH]c(C)c1NC(=O)CSc1nnc(-c2ccccc2)n1-c1ccccc1. The molecule has 0 atom stereocenters. The molecule has 146 valence electrons. The molecule has 0 unspecified atom stereocenters. The highest BCUT2D eigenvalue weighted by Crippen LogP contribution is 2.28. The van der Waals surface area contributed by atoms with Crippen molar-refractivity contribution in [2.45, 2.75) is 19.0 Å². The summed E-state index contributed by atoms with van der Waals surface area (Å²) in [6, 6.07) is 19.8. The Hall–Kier alpha value is -3.39. The maximum absolute atomic E-state index is 12.5. The van der Waals surface area contributed by atoms with Gasteiger partial charge in [-0.25, -0.2) is 0 Å². The summed E-state index contributed by atoms with van der Waals surface area (Å²) in [6.45, 7) is 3.73. The van der Waals surface area contributed by atoms with Crippen LogP contribution in [0.4, 0.5) is 5.69 Å². The van der Waals surface area contributed by atoms with Crippen molar-refractivity contribution in [1.82, 2.24) is 25.0 Å². The monoisotopic (exact) mass is 404 g/mol. The topological polar surface area (TPSA) is 88.5 Å². The fourth-order valence-electron chi connectivity index (χ4n) is 2.99. The van der Waals surface area contributed by atoms with E-state index in [9.17, 15) is 4.79 Å². The molecule has 0 aliphatic rings. The van der Waals surface area contributed by atoms with Crippen LogP contribution < -0.4 is 5.32 Å². The molecule has 0 aliphatic carbocycles. The third-order valence-electron chi connectivity index (χ3n) is 4.40. The second kappa shape index (κ2) is 8.32. The molecule has 0 spiro atoms. The summed E-state index contributed by atoms with van der Waals surface area (Å²) in [6.07, 6.45) is 0. The number of benzene rings is 2. The number of anilines is 1. The molecule has 2 aromatic carbocycles. The molecule has 7 nitrogen and oxygen atoms in total. The standard InChI is InChI=1S/C21H20N6OS/c1-14-19(15(2)24-23-14)22-18(28)13-29-21-26-25-20(16-9-5-3-6-10-16)27(21)17-11-7-4-8-12-17/h3-12H,13H2,1-2H3,(H,22,28)(H,23,24). The number of carbonyl (C=O) groups is 1. The van der Waals surface area contributed by atoms with E-state index in [4.69, 9.17) is 0 Å². The number of nitrogens with one attached hydrogen (secondary N) is 2. The van der Waals surface area contributed by atoms with Gasteiger partial charge in [-0.15, -0.1) is 10.2 Å². The molecule has 2 N–H and O–H groups in total. The molecule has 0 fully saturated rings. The van der Waals surface area contributed by atoms with Crippen LogP contribution in [0.25, 0.3) is 17.1 Å². The lowest BCUT2D eigenvalue weighted by Gasteiger charge is -2.10. The highest BCUT2D eigenvalue weighted by Gasteiger charge is 2.18. The Bertz CT molecular complexity index is 1100. The van der Waals surface area contributed by atoms with Gasteiger partial charge in [-0.2, -0.15) is 5.10 Å². The van der Waals surface area contributed by atoms with E-state index in [1.807, 2.05) is 79.1 Å². The summed E-state index contributed by atoms with van der Waals surface area (Å²) in [5.41, 5.74) is 4.23. The van der Waals surface area contributed by atoms with E-state index in [1.54, 1.807) is 0 Å². The van der Waals surface area contributed by atoms with Crippen LogP contribution in [0.5, 0.6) is 0 Å². The smallest absolute Gasteiger partial charge is 0.234 e. The zero-order valence-electron chi connectivity index (χ0n) is 16.1. The van der Waals surface area contributed by atoms with Crippen LogP contribution in [-0.4, -0.2) is 36.6 Å². The van der Waals surface area contributed by atoms with Gasteiger partial charge in [-0.1, -0.05) is 60.3 Å². The maximum Gasteiger partial charge on any atom is 0.234 e. The molecule has 0 saturated heterocycles. The molecule has 0 bridgehead atoms. The zero-order valence-corrected chi connectivity index (χ0v) is 16.9. The van der Waals surface area contributed by atoms with Gasteiger partial charge in [-0.05, 0) is 26.0 Å². The van der Waals surface area contributed by atoms with Gasteiger partial charge in [0, 0.05) is 11.3 Å². The number of aromatic nitrogens is 5. The van der Waals surface area contributed by atoms with Crippen molar-refractivity contribution >= 4 is 23.4 Å². The number of rotatable bonds is 6. The molecule has 8 heteroatoms. The summed E-state index contributed by atoms with van der Waals surface area (Å²) in [5, 5.41) is 19.3. The average Bonchev–Trinajstić information content (AvgIpc) is 3.32. The van der Waals surface area contributed by atoms with E-state index in [2.05, 4.69) is 25.7 Å². The minimum Gasteiger partial charge on any atom is -0.322 e. The van der Waals surface area contributed by atoms with Gasteiger partial charge in [-0.3, -0.25) is 14.5 Å². The molecule has 29 heavy (non-hydrogen) atoms. The number of carbonyl (C=O) groups excluding carboxylic acids is 1. The van der Waals surface area contributed by atoms with Crippen LogP contribution in [-0.2, 0) is 4.79 Å². The molecular formula is C21H20N6OS. The van der Waals surface area contributed by atoms with E-state index in [1.165, 1.54) is 11.8 Å². The summed E-state index contributed by atoms with van der Waals surface area (Å²) in [5.74, 6) is 0.830. The van der Waals surface area contributed by atoms with Crippen molar-refractivity contribution in [3.05, 3.63) is 72.1 Å². The molecule has 1 amide bonds. The minimum absolute atomic E-state index is 0.119. The first-order chi connectivity index (χ1) is 14.1. The van der Waals surface area contributed by atoms with E-state index >= 15 is 0 Å². The van der Waals surface area contributed by atoms with E-state index in [0.717, 1.165) is 34.2 Å². The molecule has 4 aromatic rings. The molecular weight excluding hydrogens is 384 g/mol. The Morgan fingerprint density at radius 2 is 1.72 bits per heavy atom. The third kappa shape index (κ3) is 4.07. The average molecular weight is 404 g/mol. The van der Waals surface area contributed by atoms with Crippen molar-refractivity contribution < 1.29 is 4.79 Å². The second-order valence-electron chi connectivity index (χ2n) is 6.49. The van der Waals surface area contributed by atoms with Crippen LogP contribution in [0, 0.1) is 13.8 Å². The van der Waals surface area contributed by atoms with Crippen LogP contribution in [0.3, 0.4) is 0 Å². The Morgan fingerprint density at radius 1 is 1.03 bits per heavy atom. The highest BCUT2D eigenvalue weighted by atomic mass is 32.2. The summed E-state index contributed by atoms with van der Waals surface area (Å²) < 4.78 is 1.97. The number of nitrogens with zero attached hydrogens (tertiary/aromatic N) is 4. The predicted octanol–water partition coefficient (Wildman–Crippen LogP) is 4.01. The maximum atomic E-state index is 12.5. The number of thioether (sulfide) groups is 1. The van der Waals surface area contributed by atoms with Crippen molar-refractivity contribution in [2.24, 2.45) is 0 Å². The van der Waals surface area contributed by atoms with Crippen LogP contribution in [0.15, 0.2) is 65.8 Å². The molecule has 2 heterocycles. The number of hydrogen-bond acceptors (Lipinski definition) is 5. The van der Waals surface area contributed by atoms with Crippen LogP contribution in [0.2, 0.25) is 0 Å². The Morgan fingerprint density at radius 3 is 2.38 bits per heavy atom. The number of aromatic amines is 1. The predicted molar refractivity (Wildman–Crippen MR) is 114 cm³/mol. The van der Waals surface area contributed by atoms with Gasteiger partial charge in [0.15, 0.2) is 11.0 Å². The Labute approximate surface area is 172 Å². The number of aryl methyl sites for hydroxylation is 2. The first-order valence-electron chi connectivity index (χ1n) is 9.14. The summed E-state index contributed by atoms with van der Waals surface area (Å²) in [4.78, 5) is 12.5. The lowest BCUT2D eigenvalue weighted by atomic mass is 10.2. The Balaban J connectivity index is 1.59. The largest absolute Gasteiger partial charge is 0.322 e. The summed E-state index contributed by atoms with van der Waals surface area (Å²) >= 11 is 1.35. The van der Waals surface area contributed by atoms with Gasteiger partial charge in [0.25, 0.3) is 0 Å². The van der Waals surface area contributed by atoms with Crippen LogP contribution in [0.1, 0.15) is 11.4 Å². The second-order valence-corrected chi connectivity index (χ2v) is 7.43. The highest BCUT2D eigenvalue weighted by molar-refractivity contribution is 7.99. The normalized spacial score (nSPS) is 10.8. The molecule has 2 aromatic heterocycles. The van der Waals surface area contributed by atoms with Crippen LogP contribution >= 0.6 is 11.8 Å². The fourth-order valence-corrected chi connectivity index (χ4v) is 3.74. The Kier molecular flexibility index (Phi) is 5.44. The van der Waals surface area contributed by atoms with Crippen molar-refractivity contribution in [3.8, 4) is 17.1 Å². The van der Waals surface area contributed by atoms with Crippen molar-refractivity contribution in [1.29, 1.82) is 0 Å². The lowest BCUT2D eigenvalue weighted by Crippen LogP contribution is -2.15. The lowest BCUT2D eigenvalue weighted by molar-refractivity contribution is -0.113. The molecule has 0 saturated carbocycles. The number of amides is 1. The van der Waals surface area contributed by atoms with Gasteiger partial charge < -0.3 is 5.32 Å². The number of H-pyrrole nitrogens is 1. The van der Waals surface area contributed by atoms with Crippen molar-refractivity contribution in [2.75, 3.05) is 11.1 Å². The van der Waals surface area contributed by atoms with E-state index in [-0.39, 0.29) is 11.7 Å². The van der Waals surface area contributed by atoms with Gasteiger partial charge in [0.2, 0.25) is 5.91 Å².